The first kappa shape index (κ1) is 19.0. The highest BCUT2D eigenvalue weighted by atomic mass is 19.4. The van der Waals surface area contributed by atoms with E-state index >= 15 is 0 Å². The van der Waals surface area contributed by atoms with Gasteiger partial charge >= 0.3 is 12.1 Å². The molecule has 0 fully saturated rings. The van der Waals surface area contributed by atoms with E-state index in [1.165, 1.54) is 0 Å². The van der Waals surface area contributed by atoms with Crippen molar-refractivity contribution >= 4 is 5.97 Å². The lowest BCUT2D eigenvalue weighted by molar-refractivity contribution is -0.215. The molecule has 0 aromatic heterocycles. The predicted octanol–water partition coefficient (Wildman–Crippen LogP) is 3.67. The van der Waals surface area contributed by atoms with Gasteiger partial charge in [0, 0.05) is 23.2 Å². The predicted molar refractivity (Wildman–Crippen MR) is 91.3 cm³/mol. The monoisotopic (exact) mass is 381 g/mol. The van der Waals surface area contributed by atoms with Crippen molar-refractivity contribution in [3.05, 3.63) is 48.0 Å². The van der Waals surface area contributed by atoms with E-state index in [2.05, 4.69) is 10.1 Å². The maximum Gasteiger partial charge on any atom is 0.491 e. The number of fused-ring (bicyclic) bond motifs is 1. The third-order valence-corrected chi connectivity index (χ3v) is 3.92. The number of nitrogens with one attached hydrogen (secondary N) is 1. The summed E-state index contributed by atoms with van der Waals surface area (Å²) in [7, 11) is 0. The molecular formula is C19H18F3NO4. The third-order valence-electron chi connectivity index (χ3n) is 3.92. The minimum atomic E-state index is -5.08. The highest BCUT2D eigenvalue weighted by Crippen LogP contribution is 2.39. The summed E-state index contributed by atoms with van der Waals surface area (Å²) in [5, 5.41) is 2.93. The average molecular weight is 381 g/mol. The Hall–Kier alpha value is -2.74. The van der Waals surface area contributed by atoms with E-state index in [-0.39, 0.29) is 6.54 Å². The zero-order valence-corrected chi connectivity index (χ0v) is 14.5. The molecule has 0 aliphatic carbocycles. The molecule has 144 valence electrons. The van der Waals surface area contributed by atoms with E-state index in [0.29, 0.717) is 30.2 Å². The molecule has 0 saturated carbocycles. The van der Waals surface area contributed by atoms with Gasteiger partial charge in [0.2, 0.25) is 0 Å². The number of halogens is 3. The van der Waals surface area contributed by atoms with Gasteiger partial charge in [0.25, 0.3) is 6.29 Å². The zero-order chi connectivity index (χ0) is 19.4. The fourth-order valence-corrected chi connectivity index (χ4v) is 2.80. The summed E-state index contributed by atoms with van der Waals surface area (Å²) in [6.45, 7) is 2.61. The van der Waals surface area contributed by atoms with Crippen molar-refractivity contribution in [3.8, 4) is 22.6 Å². The number of carbonyl (C=O) groups is 1. The molecule has 0 radical (unpaired) electrons. The lowest BCUT2D eigenvalue weighted by Crippen LogP contribution is -2.37. The van der Waals surface area contributed by atoms with Gasteiger partial charge in [-0.1, -0.05) is 36.4 Å². The molecule has 1 atom stereocenters. The number of hydrogen-bond acceptors (Lipinski definition) is 5. The molecule has 0 saturated heterocycles. The Labute approximate surface area is 154 Å². The Morgan fingerprint density at radius 1 is 1.19 bits per heavy atom. The Balaban J connectivity index is 1.96. The molecule has 1 aliphatic heterocycles. The van der Waals surface area contributed by atoms with Gasteiger partial charge in [0.05, 0.1) is 13.2 Å². The standard InChI is InChI=1S/C19H18F3NO4/c1-2-25-15-9-4-3-7-13(15)14-8-5-6-12-10-23-11-16(26-17(12)14)27-18(24)19(20,21)22/h3-9,16,23H,2,10-11H2,1H3. The van der Waals surface area contributed by atoms with Crippen LogP contribution in [0.15, 0.2) is 42.5 Å². The smallest absolute Gasteiger partial charge is 0.491 e. The van der Waals surface area contributed by atoms with Crippen LogP contribution in [0.1, 0.15) is 12.5 Å². The van der Waals surface area contributed by atoms with E-state index in [0.717, 1.165) is 11.1 Å². The Kier molecular flexibility index (Phi) is 5.55. The number of para-hydroxylation sites is 2. The lowest BCUT2D eigenvalue weighted by atomic mass is 10.0. The normalized spacial score (nSPS) is 16.7. The van der Waals surface area contributed by atoms with E-state index < -0.39 is 18.4 Å². The van der Waals surface area contributed by atoms with Crippen LogP contribution in [0.2, 0.25) is 0 Å². The van der Waals surface area contributed by atoms with Crippen molar-refractivity contribution in [2.24, 2.45) is 0 Å². The van der Waals surface area contributed by atoms with Crippen LogP contribution >= 0.6 is 0 Å². The fourth-order valence-electron chi connectivity index (χ4n) is 2.80. The molecule has 1 aliphatic rings. The Morgan fingerprint density at radius 2 is 1.93 bits per heavy atom. The topological polar surface area (TPSA) is 56.8 Å². The molecule has 0 bridgehead atoms. The van der Waals surface area contributed by atoms with E-state index in [9.17, 15) is 18.0 Å². The first-order valence-electron chi connectivity index (χ1n) is 8.39. The molecule has 2 aromatic rings. The molecule has 5 nitrogen and oxygen atoms in total. The second kappa shape index (κ2) is 7.87. The number of hydrogen-bond donors (Lipinski definition) is 1. The summed E-state index contributed by atoms with van der Waals surface area (Å²) in [5.41, 5.74) is 2.12. The van der Waals surface area contributed by atoms with Crippen LogP contribution in [0, 0.1) is 0 Å². The molecule has 1 heterocycles. The van der Waals surface area contributed by atoms with Crippen molar-refractivity contribution in [1.29, 1.82) is 0 Å². The quantitative estimate of drug-likeness (QED) is 0.819. The summed E-state index contributed by atoms with van der Waals surface area (Å²) in [6, 6.07) is 12.7. The Bertz CT molecular complexity index is 823. The van der Waals surface area contributed by atoms with E-state index in [1.54, 1.807) is 18.2 Å². The first-order valence-corrected chi connectivity index (χ1v) is 8.39. The van der Waals surface area contributed by atoms with Crippen molar-refractivity contribution < 1.29 is 32.2 Å². The van der Waals surface area contributed by atoms with Crippen molar-refractivity contribution in [1.82, 2.24) is 5.32 Å². The number of alkyl halides is 3. The summed E-state index contributed by atoms with van der Waals surface area (Å²) in [6.07, 6.45) is -6.49. The highest BCUT2D eigenvalue weighted by molar-refractivity contribution is 5.78. The van der Waals surface area contributed by atoms with Crippen LogP contribution in [0.3, 0.4) is 0 Å². The van der Waals surface area contributed by atoms with Crippen LogP contribution in [-0.4, -0.2) is 31.6 Å². The summed E-state index contributed by atoms with van der Waals surface area (Å²) in [4.78, 5) is 11.2. The maximum absolute atomic E-state index is 12.5. The van der Waals surface area contributed by atoms with Gasteiger partial charge in [-0.3, -0.25) is 0 Å². The molecule has 8 heteroatoms. The van der Waals surface area contributed by atoms with Crippen molar-refractivity contribution in [2.45, 2.75) is 25.9 Å². The summed E-state index contributed by atoms with van der Waals surface area (Å²) in [5.74, 6) is -1.31. The van der Waals surface area contributed by atoms with Gasteiger partial charge in [0.1, 0.15) is 11.5 Å². The third kappa shape index (κ3) is 4.33. The molecule has 0 spiro atoms. The molecule has 1 N–H and O–H groups in total. The van der Waals surface area contributed by atoms with Gasteiger partial charge in [-0.25, -0.2) is 4.79 Å². The first-order chi connectivity index (χ1) is 12.9. The number of ether oxygens (including phenoxy) is 3. The second-order valence-corrected chi connectivity index (χ2v) is 5.80. The zero-order valence-electron chi connectivity index (χ0n) is 14.5. The summed E-state index contributed by atoms with van der Waals surface area (Å²) >= 11 is 0. The number of rotatable bonds is 4. The van der Waals surface area contributed by atoms with Gasteiger partial charge < -0.3 is 19.5 Å². The maximum atomic E-state index is 12.5. The van der Waals surface area contributed by atoms with E-state index in [4.69, 9.17) is 9.47 Å². The molecular weight excluding hydrogens is 363 g/mol. The number of benzene rings is 2. The molecule has 3 rings (SSSR count). The van der Waals surface area contributed by atoms with E-state index in [1.807, 2.05) is 31.2 Å². The number of carbonyl (C=O) groups excluding carboxylic acids is 1. The van der Waals surface area contributed by atoms with Gasteiger partial charge in [-0.2, -0.15) is 13.2 Å². The van der Waals surface area contributed by atoms with Crippen molar-refractivity contribution in [2.75, 3.05) is 13.2 Å². The number of esters is 1. The van der Waals surface area contributed by atoms with Crippen molar-refractivity contribution in [3.63, 3.8) is 0 Å². The van der Waals surface area contributed by atoms with Gasteiger partial charge in [-0.05, 0) is 13.0 Å². The second-order valence-electron chi connectivity index (χ2n) is 5.80. The van der Waals surface area contributed by atoms with Crippen LogP contribution in [0.4, 0.5) is 13.2 Å². The summed E-state index contributed by atoms with van der Waals surface area (Å²) < 4.78 is 53.4. The minimum absolute atomic E-state index is 0.0664. The fraction of sp³-hybridized carbons (Fsp3) is 0.316. The minimum Gasteiger partial charge on any atom is -0.493 e. The molecule has 2 aromatic carbocycles. The van der Waals surface area contributed by atoms with Crippen LogP contribution in [0.5, 0.6) is 11.5 Å². The molecule has 1 unspecified atom stereocenters. The Morgan fingerprint density at radius 3 is 2.67 bits per heavy atom. The van der Waals surface area contributed by atoms with Crippen LogP contribution in [-0.2, 0) is 16.1 Å². The van der Waals surface area contributed by atoms with Crippen LogP contribution in [0.25, 0.3) is 11.1 Å². The molecule has 0 amide bonds. The van der Waals surface area contributed by atoms with Gasteiger partial charge in [0.15, 0.2) is 0 Å². The average Bonchev–Trinajstić information content (AvgIpc) is 2.83. The largest absolute Gasteiger partial charge is 0.493 e. The van der Waals surface area contributed by atoms with Gasteiger partial charge in [-0.15, -0.1) is 0 Å². The SMILES string of the molecule is CCOc1ccccc1-c1cccc2c1OC(OC(=O)C(F)(F)F)CNC2. The highest BCUT2D eigenvalue weighted by Gasteiger charge is 2.43. The lowest BCUT2D eigenvalue weighted by Gasteiger charge is -2.21. The van der Waals surface area contributed by atoms with Crippen LogP contribution < -0.4 is 14.8 Å². The molecule has 27 heavy (non-hydrogen) atoms.